The highest BCUT2D eigenvalue weighted by molar-refractivity contribution is 5.79. The third kappa shape index (κ3) is 2.55. The number of nitrogens with zero attached hydrogens (tertiary/aromatic N) is 2. The second kappa shape index (κ2) is 5.34. The number of aliphatic hydroxyl groups is 1. The molecule has 5 heteroatoms. The molecular weight excluding hydrogens is 254 g/mol. The summed E-state index contributed by atoms with van der Waals surface area (Å²) in [6.07, 6.45) is 5.40. The number of nitrogens with one attached hydrogen (secondary N) is 1. The number of aliphatic hydroxyl groups excluding tert-OH is 1. The van der Waals surface area contributed by atoms with Gasteiger partial charge in [0.25, 0.3) is 0 Å². The van der Waals surface area contributed by atoms with E-state index in [2.05, 4.69) is 16.3 Å². The molecule has 3 atom stereocenters. The van der Waals surface area contributed by atoms with Gasteiger partial charge in [-0.3, -0.25) is 9.69 Å². The quantitative estimate of drug-likeness (QED) is 0.794. The Kier molecular flexibility index (Phi) is 3.70. The van der Waals surface area contributed by atoms with Gasteiger partial charge in [0, 0.05) is 19.0 Å². The average Bonchev–Trinajstić information content (AvgIpc) is 3.09. The van der Waals surface area contributed by atoms with Gasteiger partial charge in [-0.25, -0.2) is 0 Å². The SMILES string of the molecule is N#CC1(NC(=O)CN2CC3CCC(O)C3C2)CCCC1. The van der Waals surface area contributed by atoms with Gasteiger partial charge in [-0.2, -0.15) is 5.26 Å². The fraction of sp³-hybridized carbons (Fsp3) is 0.867. The summed E-state index contributed by atoms with van der Waals surface area (Å²) >= 11 is 0. The molecule has 1 amide bonds. The molecule has 2 aliphatic carbocycles. The van der Waals surface area contributed by atoms with Crippen LogP contribution in [0, 0.1) is 23.2 Å². The molecule has 0 radical (unpaired) electrons. The lowest BCUT2D eigenvalue weighted by Crippen LogP contribution is -2.48. The van der Waals surface area contributed by atoms with Crippen LogP contribution in [0.5, 0.6) is 0 Å². The first kappa shape index (κ1) is 13.8. The number of hydrogen-bond donors (Lipinski definition) is 2. The molecule has 1 saturated heterocycles. The number of amides is 1. The van der Waals surface area contributed by atoms with E-state index in [9.17, 15) is 15.2 Å². The molecule has 110 valence electrons. The summed E-state index contributed by atoms with van der Waals surface area (Å²) in [5.74, 6) is 0.858. The van der Waals surface area contributed by atoms with Gasteiger partial charge in [0.15, 0.2) is 0 Å². The van der Waals surface area contributed by atoms with Crippen LogP contribution >= 0.6 is 0 Å². The summed E-state index contributed by atoms with van der Waals surface area (Å²) in [6.45, 7) is 2.09. The van der Waals surface area contributed by atoms with Crippen molar-refractivity contribution in [2.24, 2.45) is 11.8 Å². The minimum atomic E-state index is -0.619. The Hall–Kier alpha value is -1.12. The largest absolute Gasteiger partial charge is 0.393 e. The lowest BCUT2D eigenvalue weighted by molar-refractivity contribution is -0.123. The predicted molar refractivity (Wildman–Crippen MR) is 73.6 cm³/mol. The van der Waals surface area contributed by atoms with Gasteiger partial charge < -0.3 is 10.4 Å². The van der Waals surface area contributed by atoms with E-state index < -0.39 is 5.54 Å². The zero-order valence-electron chi connectivity index (χ0n) is 11.8. The van der Waals surface area contributed by atoms with E-state index in [0.29, 0.717) is 18.4 Å². The molecule has 0 aromatic rings. The van der Waals surface area contributed by atoms with Crippen LogP contribution in [0.4, 0.5) is 0 Å². The van der Waals surface area contributed by atoms with Gasteiger partial charge in [0.1, 0.15) is 5.54 Å². The topological polar surface area (TPSA) is 76.4 Å². The lowest BCUT2D eigenvalue weighted by Gasteiger charge is -2.24. The van der Waals surface area contributed by atoms with Gasteiger partial charge in [-0.1, -0.05) is 0 Å². The van der Waals surface area contributed by atoms with Crippen LogP contribution in [0.3, 0.4) is 0 Å². The molecule has 0 spiro atoms. The molecule has 2 N–H and O–H groups in total. The molecule has 1 heterocycles. The first-order valence-corrected chi connectivity index (χ1v) is 7.74. The normalized spacial score (nSPS) is 35.7. The van der Waals surface area contributed by atoms with Crippen molar-refractivity contribution in [1.29, 1.82) is 5.26 Å². The summed E-state index contributed by atoms with van der Waals surface area (Å²) in [5.41, 5.74) is -0.619. The standard InChI is InChI=1S/C15H23N3O2/c16-10-15(5-1-2-6-15)17-14(20)9-18-7-11-3-4-13(19)12(11)8-18/h11-13,19H,1-9H2,(H,17,20). The van der Waals surface area contributed by atoms with Gasteiger partial charge >= 0.3 is 0 Å². The number of carbonyl (C=O) groups excluding carboxylic acids is 1. The Labute approximate surface area is 119 Å². The molecule has 20 heavy (non-hydrogen) atoms. The highest BCUT2D eigenvalue weighted by Gasteiger charge is 2.42. The fourth-order valence-electron chi connectivity index (χ4n) is 4.21. The van der Waals surface area contributed by atoms with Crippen LogP contribution in [0.2, 0.25) is 0 Å². The molecule has 0 aromatic carbocycles. The van der Waals surface area contributed by atoms with Crippen molar-refractivity contribution in [2.75, 3.05) is 19.6 Å². The van der Waals surface area contributed by atoms with E-state index >= 15 is 0 Å². The summed E-state index contributed by atoms with van der Waals surface area (Å²) in [7, 11) is 0. The second-order valence-corrected chi connectivity index (χ2v) is 6.71. The van der Waals surface area contributed by atoms with Gasteiger partial charge in [0.05, 0.1) is 18.7 Å². The van der Waals surface area contributed by atoms with E-state index in [1.165, 1.54) is 0 Å². The number of nitriles is 1. The summed E-state index contributed by atoms with van der Waals surface area (Å²) < 4.78 is 0. The fourth-order valence-corrected chi connectivity index (χ4v) is 4.21. The minimum absolute atomic E-state index is 0.0390. The maximum absolute atomic E-state index is 12.2. The molecule has 3 rings (SSSR count). The van der Waals surface area contributed by atoms with E-state index in [4.69, 9.17) is 0 Å². The van der Waals surface area contributed by atoms with E-state index in [1.807, 2.05) is 0 Å². The van der Waals surface area contributed by atoms with E-state index in [0.717, 1.165) is 51.6 Å². The van der Waals surface area contributed by atoms with Gasteiger partial charge in [-0.15, -0.1) is 0 Å². The van der Waals surface area contributed by atoms with Crippen LogP contribution in [-0.4, -0.2) is 47.2 Å². The van der Waals surface area contributed by atoms with Crippen molar-refractivity contribution >= 4 is 5.91 Å². The molecule has 3 unspecified atom stereocenters. The zero-order valence-corrected chi connectivity index (χ0v) is 11.8. The van der Waals surface area contributed by atoms with Gasteiger partial charge in [0.2, 0.25) is 5.91 Å². The summed E-state index contributed by atoms with van der Waals surface area (Å²) in [5, 5.41) is 22.1. The van der Waals surface area contributed by atoms with Crippen LogP contribution in [0.25, 0.3) is 0 Å². The molecule has 2 saturated carbocycles. The van der Waals surface area contributed by atoms with Crippen LogP contribution in [0.15, 0.2) is 0 Å². The molecule has 0 bridgehead atoms. The predicted octanol–water partition coefficient (Wildman–Crippen LogP) is 0.642. The maximum atomic E-state index is 12.2. The third-order valence-electron chi connectivity index (χ3n) is 5.31. The van der Waals surface area contributed by atoms with Crippen LogP contribution in [-0.2, 0) is 4.79 Å². The van der Waals surface area contributed by atoms with Crippen molar-refractivity contribution in [3.05, 3.63) is 0 Å². The lowest BCUT2D eigenvalue weighted by atomic mass is 10.00. The summed E-state index contributed by atoms with van der Waals surface area (Å²) in [4.78, 5) is 14.3. The number of fused-ring (bicyclic) bond motifs is 1. The van der Waals surface area contributed by atoms with Crippen molar-refractivity contribution in [3.63, 3.8) is 0 Å². The van der Waals surface area contributed by atoms with Crippen LogP contribution < -0.4 is 5.32 Å². The Balaban J connectivity index is 1.52. The smallest absolute Gasteiger partial charge is 0.235 e. The molecular formula is C15H23N3O2. The first-order chi connectivity index (χ1) is 9.62. The highest BCUT2D eigenvalue weighted by atomic mass is 16.3. The number of carbonyl (C=O) groups is 1. The number of hydrogen-bond acceptors (Lipinski definition) is 4. The van der Waals surface area contributed by atoms with E-state index in [1.54, 1.807) is 0 Å². The molecule has 5 nitrogen and oxygen atoms in total. The van der Waals surface area contributed by atoms with Gasteiger partial charge in [-0.05, 0) is 44.4 Å². The Morgan fingerprint density at radius 3 is 2.75 bits per heavy atom. The highest BCUT2D eigenvalue weighted by Crippen LogP contribution is 2.38. The zero-order chi connectivity index (χ0) is 14.2. The van der Waals surface area contributed by atoms with Crippen molar-refractivity contribution in [3.8, 4) is 6.07 Å². The minimum Gasteiger partial charge on any atom is -0.393 e. The monoisotopic (exact) mass is 277 g/mol. The average molecular weight is 277 g/mol. The van der Waals surface area contributed by atoms with Crippen LogP contribution in [0.1, 0.15) is 38.5 Å². The molecule has 0 aromatic heterocycles. The van der Waals surface area contributed by atoms with Crippen molar-refractivity contribution < 1.29 is 9.90 Å². The Morgan fingerprint density at radius 2 is 2.10 bits per heavy atom. The third-order valence-corrected chi connectivity index (χ3v) is 5.31. The van der Waals surface area contributed by atoms with E-state index in [-0.39, 0.29) is 12.0 Å². The molecule has 3 aliphatic rings. The Morgan fingerprint density at radius 1 is 1.35 bits per heavy atom. The first-order valence-electron chi connectivity index (χ1n) is 7.74. The number of rotatable bonds is 3. The molecule has 1 aliphatic heterocycles. The van der Waals surface area contributed by atoms with Crippen molar-refractivity contribution in [2.45, 2.75) is 50.2 Å². The number of likely N-dealkylation sites (tertiary alicyclic amines) is 1. The second-order valence-electron chi connectivity index (χ2n) is 6.71. The molecule has 3 fully saturated rings. The maximum Gasteiger partial charge on any atom is 0.235 e. The Bertz CT molecular complexity index is 425. The van der Waals surface area contributed by atoms with Crippen molar-refractivity contribution in [1.82, 2.24) is 10.2 Å². The summed E-state index contributed by atoms with van der Waals surface area (Å²) in [6, 6.07) is 2.29.